The molecule has 0 saturated heterocycles. The summed E-state index contributed by atoms with van der Waals surface area (Å²) in [5, 5.41) is 9.96. The van der Waals surface area contributed by atoms with Crippen molar-refractivity contribution in [2.75, 3.05) is 5.32 Å². The molecule has 0 spiro atoms. The molecule has 0 radical (unpaired) electrons. The van der Waals surface area contributed by atoms with Crippen LogP contribution >= 0.6 is 22.7 Å². The number of thiazole rings is 1. The van der Waals surface area contributed by atoms with Gasteiger partial charge in [0.25, 0.3) is 5.56 Å². The molecular weight excluding hydrogens is 488 g/mol. The van der Waals surface area contributed by atoms with E-state index >= 15 is 0 Å². The summed E-state index contributed by atoms with van der Waals surface area (Å²) in [7, 11) is 0. The van der Waals surface area contributed by atoms with Crippen LogP contribution in [-0.4, -0.2) is 20.4 Å². The number of hydrogen-bond donors (Lipinski definition) is 1. The van der Waals surface area contributed by atoms with Crippen molar-refractivity contribution in [3.63, 3.8) is 0 Å². The number of rotatable bonds is 5. The minimum absolute atomic E-state index is 0.240. The van der Waals surface area contributed by atoms with Crippen molar-refractivity contribution in [2.45, 2.75) is 13.0 Å². The normalized spacial score (nSPS) is 12.1. The monoisotopic (exact) mass is 508 g/mol. The van der Waals surface area contributed by atoms with Crippen molar-refractivity contribution in [2.24, 2.45) is 0 Å². The molecule has 1 N–H and O–H groups in total. The first-order valence-corrected chi connectivity index (χ1v) is 13.1. The predicted molar refractivity (Wildman–Crippen MR) is 148 cm³/mol. The van der Waals surface area contributed by atoms with E-state index < -0.39 is 6.04 Å². The van der Waals surface area contributed by atoms with Crippen molar-refractivity contribution in [3.8, 4) is 22.4 Å². The van der Waals surface area contributed by atoms with E-state index in [0.29, 0.717) is 15.3 Å². The van der Waals surface area contributed by atoms with E-state index in [1.807, 2.05) is 59.3 Å². The van der Waals surface area contributed by atoms with Gasteiger partial charge in [0, 0.05) is 21.9 Å². The average molecular weight is 509 g/mol. The van der Waals surface area contributed by atoms with Crippen LogP contribution in [0, 0.1) is 0 Å². The van der Waals surface area contributed by atoms with Crippen LogP contribution in [0.2, 0.25) is 0 Å². The Bertz CT molecular complexity index is 1790. The molecule has 8 heteroatoms. The topological polar surface area (TPSA) is 76.9 Å². The molecular formula is C28H20N4O2S2. The fraction of sp³-hybridized carbons (Fsp3) is 0.0714. The third-order valence-corrected chi connectivity index (χ3v) is 7.82. The Morgan fingerprint density at radius 2 is 1.69 bits per heavy atom. The third-order valence-electron chi connectivity index (χ3n) is 6.18. The van der Waals surface area contributed by atoms with Gasteiger partial charge in [0.05, 0.1) is 17.4 Å². The smallest absolute Gasteiger partial charge is 0.263 e. The zero-order valence-electron chi connectivity index (χ0n) is 19.2. The third kappa shape index (κ3) is 4.00. The zero-order valence-corrected chi connectivity index (χ0v) is 20.8. The second-order valence-corrected chi connectivity index (χ2v) is 10.1. The number of nitrogens with zero attached hydrogens (tertiary/aromatic N) is 3. The Morgan fingerprint density at radius 3 is 2.53 bits per heavy atom. The van der Waals surface area contributed by atoms with E-state index in [2.05, 4.69) is 39.6 Å². The maximum absolute atomic E-state index is 13.6. The zero-order chi connectivity index (χ0) is 24.6. The number of hydrogen-bond acceptors (Lipinski definition) is 6. The highest BCUT2D eigenvalue weighted by molar-refractivity contribution is 7.17. The van der Waals surface area contributed by atoms with Gasteiger partial charge in [0.15, 0.2) is 5.13 Å². The molecule has 1 atom stereocenters. The van der Waals surface area contributed by atoms with Gasteiger partial charge in [-0.1, -0.05) is 66.7 Å². The number of nitrogens with one attached hydrogen (secondary N) is 1. The molecule has 3 heterocycles. The van der Waals surface area contributed by atoms with E-state index in [4.69, 9.17) is 0 Å². The summed E-state index contributed by atoms with van der Waals surface area (Å²) in [4.78, 5) is 36.3. The van der Waals surface area contributed by atoms with Crippen molar-refractivity contribution < 1.29 is 4.79 Å². The standard InChI is InChI=1S/C28H20N4O2S2/c1-17(25(33)31-28-30-23(15-36-28)19-8-3-2-4-9-19)32-16-29-26-24(27(32)34)22(14-35-26)21-12-11-18-7-5-6-10-20(18)13-21/h2-17H,1H3,(H,30,31,33). The van der Waals surface area contributed by atoms with Crippen LogP contribution in [0.4, 0.5) is 5.13 Å². The molecule has 6 aromatic rings. The van der Waals surface area contributed by atoms with Crippen LogP contribution in [0.15, 0.2) is 94.7 Å². The van der Waals surface area contributed by atoms with E-state index in [-0.39, 0.29) is 11.5 Å². The van der Waals surface area contributed by atoms with Gasteiger partial charge in [-0.15, -0.1) is 22.7 Å². The van der Waals surface area contributed by atoms with Gasteiger partial charge in [-0.3, -0.25) is 14.2 Å². The van der Waals surface area contributed by atoms with Crippen LogP contribution in [0.3, 0.4) is 0 Å². The second-order valence-electron chi connectivity index (χ2n) is 8.42. The first-order valence-electron chi connectivity index (χ1n) is 11.4. The lowest BCUT2D eigenvalue weighted by atomic mass is 10.0. The van der Waals surface area contributed by atoms with E-state index in [1.165, 1.54) is 33.6 Å². The number of benzene rings is 3. The molecule has 6 rings (SSSR count). The maximum atomic E-state index is 13.6. The first kappa shape index (κ1) is 22.3. The van der Waals surface area contributed by atoms with Gasteiger partial charge in [-0.05, 0) is 29.3 Å². The van der Waals surface area contributed by atoms with Crippen LogP contribution in [-0.2, 0) is 4.79 Å². The molecule has 3 aromatic carbocycles. The number of fused-ring (bicyclic) bond motifs is 2. The number of carbonyl (C=O) groups excluding carboxylic acids is 1. The summed E-state index contributed by atoms with van der Waals surface area (Å²) in [5.74, 6) is -0.324. The Hall–Kier alpha value is -4.14. The summed E-state index contributed by atoms with van der Waals surface area (Å²) >= 11 is 2.78. The van der Waals surface area contributed by atoms with Gasteiger partial charge in [-0.25, -0.2) is 9.97 Å². The van der Waals surface area contributed by atoms with Crippen molar-refractivity contribution >= 4 is 54.7 Å². The average Bonchev–Trinajstić information content (AvgIpc) is 3.57. The molecule has 6 nitrogen and oxygen atoms in total. The van der Waals surface area contributed by atoms with E-state index in [1.54, 1.807) is 6.92 Å². The molecule has 1 amide bonds. The highest BCUT2D eigenvalue weighted by atomic mass is 32.1. The van der Waals surface area contributed by atoms with Gasteiger partial charge in [-0.2, -0.15) is 0 Å². The quantitative estimate of drug-likeness (QED) is 0.285. The summed E-state index contributed by atoms with van der Waals surface area (Å²) in [6.07, 6.45) is 1.45. The minimum atomic E-state index is -0.761. The lowest BCUT2D eigenvalue weighted by molar-refractivity contribution is -0.118. The summed E-state index contributed by atoms with van der Waals surface area (Å²) in [6.45, 7) is 1.69. The Morgan fingerprint density at radius 1 is 0.917 bits per heavy atom. The molecule has 36 heavy (non-hydrogen) atoms. The Balaban J connectivity index is 1.31. The number of carbonyl (C=O) groups is 1. The number of anilines is 1. The Labute approximate surface area is 214 Å². The molecule has 0 fully saturated rings. The molecule has 3 aromatic heterocycles. The number of amides is 1. The Kier molecular flexibility index (Phi) is 5.67. The molecule has 0 bridgehead atoms. The van der Waals surface area contributed by atoms with Crippen LogP contribution in [0.5, 0.6) is 0 Å². The second kappa shape index (κ2) is 9.14. The minimum Gasteiger partial charge on any atom is -0.300 e. The molecule has 0 saturated carbocycles. The number of thiophene rings is 1. The highest BCUT2D eigenvalue weighted by Gasteiger charge is 2.21. The maximum Gasteiger partial charge on any atom is 0.263 e. The van der Waals surface area contributed by atoms with Crippen molar-refractivity contribution in [1.29, 1.82) is 0 Å². The van der Waals surface area contributed by atoms with Gasteiger partial charge in [0.2, 0.25) is 5.91 Å². The molecule has 0 aliphatic carbocycles. The van der Waals surface area contributed by atoms with Crippen molar-refractivity contribution in [1.82, 2.24) is 14.5 Å². The van der Waals surface area contributed by atoms with Crippen LogP contribution < -0.4 is 10.9 Å². The molecule has 1 unspecified atom stereocenters. The first-order chi connectivity index (χ1) is 17.6. The molecule has 0 aliphatic heterocycles. The van der Waals surface area contributed by atoms with E-state index in [9.17, 15) is 9.59 Å². The van der Waals surface area contributed by atoms with Gasteiger partial charge < -0.3 is 5.32 Å². The lowest BCUT2D eigenvalue weighted by Gasteiger charge is -2.14. The predicted octanol–water partition coefficient (Wildman–Crippen LogP) is 6.60. The fourth-order valence-electron chi connectivity index (χ4n) is 4.20. The number of aromatic nitrogens is 3. The molecule has 176 valence electrons. The fourth-order valence-corrected chi connectivity index (χ4v) is 5.83. The highest BCUT2D eigenvalue weighted by Crippen LogP contribution is 2.33. The SMILES string of the molecule is CC(C(=O)Nc1nc(-c2ccccc2)cs1)n1cnc2scc(-c3ccc4ccccc4c3)c2c1=O. The van der Waals surface area contributed by atoms with Crippen LogP contribution in [0.1, 0.15) is 13.0 Å². The largest absolute Gasteiger partial charge is 0.300 e. The van der Waals surface area contributed by atoms with Gasteiger partial charge >= 0.3 is 0 Å². The summed E-state index contributed by atoms with van der Waals surface area (Å²) < 4.78 is 1.39. The van der Waals surface area contributed by atoms with Gasteiger partial charge in [0.1, 0.15) is 10.9 Å². The lowest BCUT2D eigenvalue weighted by Crippen LogP contribution is -2.31. The van der Waals surface area contributed by atoms with Crippen LogP contribution in [0.25, 0.3) is 43.4 Å². The summed E-state index contributed by atoms with van der Waals surface area (Å²) in [5.41, 5.74) is 3.31. The van der Waals surface area contributed by atoms with E-state index in [0.717, 1.165) is 33.2 Å². The summed E-state index contributed by atoms with van der Waals surface area (Å²) in [6, 6.07) is 23.3. The van der Waals surface area contributed by atoms with Crippen molar-refractivity contribution in [3.05, 3.63) is 100 Å². The molecule has 0 aliphatic rings.